The van der Waals surface area contributed by atoms with Crippen molar-refractivity contribution in [3.05, 3.63) is 77.5 Å². The molecule has 3 rings (SSSR count). The number of furan rings is 1. The molecule has 0 fully saturated rings. The van der Waals surface area contributed by atoms with E-state index in [4.69, 9.17) is 36.4 Å². The first-order valence-corrected chi connectivity index (χ1v) is 12.8. The van der Waals surface area contributed by atoms with Gasteiger partial charge in [0.2, 0.25) is 5.91 Å². The van der Waals surface area contributed by atoms with Crippen molar-refractivity contribution in [1.82, 2.24) is 9.88 Å². The van der Waals surface area contributed by atoms with Crippen LogP contribution in [0.25, 0.3) is 0 Å². The van der Waals surface area contributed by atoms with Gasteiger partial charge in [-0.25, -0.2) is 4.79 Å². The number of rotatable bonds is 14. The second kappa shape index (κ2) is 16.8. The average Bonchev–Trinajstić information content (AvgIpc) is 3.43. The number of hydrogen-bond donors (Lipinski definition) is 3. The number of carboxylic acid groups (broad SMARTS) is 1. The van der Waals surface area contributed by atoms with Gasteiger partial charge in [0.25, 0.3) is 5.91 Å². The summed E-state index contributed by atoms with van der Waals surface area (Å²) in [5.41, 5.74) is 6.59. The maximum atomic E-state index is 13.3. The van der Waals surface area contributed by atoms with Crippen LogP contribution in [-0.4, -0.2) is 58.6 Å². The van der Waals surface area contributed by atoms with Crippen molar-refractivity contribution in [2.24, 2.45) is 5.73 Å². The van der Waals surface area contributed by atoms with Crippen LogP contribution in [0.2, 0.25) is 5.02 Å². The third-order valence-electron chi connectivity index (χ3n) is 5.31. The van der Waals surface area contributed by atoms with E-state index in [0.29, 0.717) is 61.2 Å². The number of halogens is 4. The van der Waals surface area contributed by atoms with Gasteiger partial charge >= 0.3 is 12.1 Å². The van der Waals surface area contributed by atoms with Crippen molar-refractivity contribution in [2.75, 3.05) is 25.0 Å². The molecule has 0 unspecified atom stereocenters. The lowest BCUT2D eigenvalue weighted by Crippen LogP contribution is -2.31. The van der Waals surface area contributed by atoms with E-state index in [2.05, 4.69) is 10.3 Å². The normalized spacial score (nSPS) is 10.7. The van der Waals surface area contributed by atoms with Crippen LogP contribution in [0.15, 0.2) is 65.5 Å². The molecule has 0 aliphatic heterocycles. The second-order valence-electron chi connectivity index (χ2n) is 8.57. The summed E-state index contributed by atoms with van der Waals surface area (Å²) in [7, 11) is 0. The predicted octanol–water partition coefficient (Wildman–Crippen LogP) is 5.14. The molecule has 222 valence electrons. The zero-order valence-corrected chi connectivity index (χ0v) is 22.7. The minimum absolute atomic E-state index is 0.173. The van der Waals surface area contributed by atoms with E-state index in [1.807, 2.05) is 18.2 Å². The number of benzene rings is 1. The minimum Gasteiger partial charge on any atom is -0.492 e. The lowest BCUT2D eigenvalue weighted by Gasteiger charge is -2.22. The van der Waals surface area contributed by atoms with Gasteiger partial charge in [0.1, 0.15) is 18.1 Å². The fourth-order valence-electron chi connectivity index (χ4n) is 3.41. The monoisotopic (exact) mass is 598 g/mol. The number of aromatic nitrogens is 1. The number of carbonyl (C=O) groups is 3. The highest BCUT2D eigenvalue weighted by Crippen LogP contribution is 2.23. The number of primary amides is 1. The number of ether oxygens (including phenoxy) is 1. The first-order chi connectivity index (χ1) is 19.5. The van der Waals surface area contributed by atoms with E-state index in [1.54, 1.807) is 47.8 Å². The number of pyridine rings is 1. The third kappa shape index (κ3) is 13.1. The van der Waals surface area contributed by atoms with Gasteiger partial charge in [0.05, 0.1) is 12.8 Å². The molecule has 0 saturated carbocycles. The van der Waals surface area contributed by atoms with Gasteiger partial charge in [-0.05, 0) is 55.3 Å². The van der Waals surface area contributed by atoms with Gasteiger partial charge in [-0.3, -0.25) is 14.6 Å². The number of nitrogens with zero attached hydrogens (tertiary/aromatic N) is 2. The fraction of sp³-hybridized carbons (Fsp3) is 0.333. The number of nitrogens with two attached hydrogens (primary N) is 1. The highest BCUT2D eigenvalue weighted by Gasteiger charge is 2.38. The van der Waals surface area contributed by atoms with E-state index >= 15 is 0 Å². The van der Waals surface area contributed by atoms with Gasteiger partial charge in [-0.1, -0.05) is 18.0 Å². The quantitative estimate of drug-likeness (QED) is 0.216. The molecule has 2 heterocycles. The number of carboxylic acids is 1. The number of nitrogens with one attached hydrogen (secondary N) is 1. The first kappa shape index (κ1) is 32.9. The van der Waals surface area contributed by atoms with E-state index in [-0.39, 0.29) is 11.8 Å². The van der Waals surface area contributed by atoms with Crippen LogP contribution in [0.1, 0.15) is 41.8 Å². The Bertz CT molecular complexity index is 1240. The van der Waals surface area contributed by atoms with E-state index in [9.17, 15) is 22.8 Å². The lowest BCUT2D eigenvalue weighted by molar-refractivity contribution is -0.192. The fourth-order valence-corrected chi connectivity index (χ4v) is 3.63. The number of alkyl halides is 3. The highest BCUT2D eigenvalue weighted by molar-refractivity contribution is 6.31. The molecule has 41 heavy (non-hydrogen) atoms. The second-order valence-corrected chi connectivity index (χ2v) is 9.01. The van der Waals surface area contributed by atoms with Crippen molar-refractivity contribution < 1.29 is 41.8 Å². The Balaban J connectivity index is 0.000000745. The molecular formula is C27H30ClF3N4O6. The molecule has 3 aromatic rings. The van der Waals surface area contributed by atoms with Gasteiger partial charge < -0.3 is 30.2 Å². The van der Waals surface area contributed by atoms with E-state index in [0.717, 1.165) is 18.5 Å². The Morgan fingerprint density at radius 2 is 1.80 bits per heavy atom. The smallest absolute Gasteiger partial charge is 0.490 e. The molecular weight excluding hydrogens is 569 g/mol. The number of carbonyl (C=O) groups excluding carboxylic acids is 2. The summed E-state index contributed by atoms with van der Waals surface area (Å²) in [6, 6.07) is 12.4. The van der Waals surface area contributed by atoms with Crippen LogP contribution < -0.4 is 15.8 Å². The molecule has 0 aliphatic carbocycles. The molecule has 0 aliphatic rings. The number of amides is 2. The number of unbranched alkanes of at least 4 members (excludes halogenated alkanes) is 2. The minimum atomic E-state index is -5.08. The van der Waals surface area contributed by atoms with Crippen LogP contribution in [-0.2, 0) is 16.1 Å². The molecule has 0 atom stereocenters. The van der Waals surface area contributed by atoms with Gasteiger partial charge in [-0.15, -0.1) is 0 Å². The van der Waals surface area contributed by atoms with Crippen molar-refractivity contribution in [1.29, 1.82) is 0 Å². The molecule has 0 radical (unpaired) electrons. The first-order valence-electron chi connectivity index (χ1n) is 12.4. The summed E-state index contributed by atoms with van der Waals surface area (Å²) in [5, 5.41) is 10.8. The van der Waals surface area contributed by atoms with Gasteiger partial charge in [-0.2, -0.15) is 13.2 Å². The standard InChI is InChI=1S/C25H29ClN4O4.C2HF3O2/c26-20-15-19(16-23(17-20)34-14-11-29-21-7-9-28-10-8-21)25(32)30(18-22-5-4-13-33-22)12-3-1-2-6-24(27)31;3-2(4,5)1(6)7/h4-5,7-10,13,15-17H,1-3,6,11-12,14,18H2,(H2,27,31)(H,28,29);(H,6,7). The Hall–Kier alpha value is -4.26. The summed E-state index contributed by atoms with van der Waals surface area (Å²) < 4.78 is 43.0. The maximum absolute atomic E-state index is 13.3. The SMILES string of the molecule is NC(=O)CCCCCN(Cc1ccco1)C(=O)c1cc(Cl)cc(OCCNc2ccncc2)c1.O=C(O)C(F)(F)F. The lowest BCUT2D eigenvalue weighted by atomic mass is 10.1. The van der Waals surface area contributed by atoms with Crippen molar-refractivity contribution in [3.8, 4) is 5.75 Å². The average molecular weight is 599 g/mol. The molecule has 0 spiro atoms. The van der Waals surface area contributed by atoms with Crippen LogP contribution >= 0.6 is 11.6 Å². The Labute approximate surface area is 239 Å². The van der Waals surface area contributed by atoms with Crippen LogP contribution in [0.5, 0.6) is 5.75 Å². The summed E-state index contributed by atoms with van der Waals surface area (Å²) >= 11 is 6.29. The topological polar surface area (TPSA) is 148 Å². The number of hydrogen-bond acceptors (Lipinski definition) is 7. The molecule has 14 heteroatoms. The van der Waals surface area contributed by atoms with Crippen molar-refractivity contribution >= 4 is 35.1 Å². The number of aliphatic carboxylic acids is 1. The van der Waals surface area contributed by atoms with Gasteiger partial charge in [0.15, 0.2) is 0 Å². The third-order valence-corrected chi connectivity index (χ3v) is 5.52. The van der Waals surface area contributed by atoms with Crippen molar-refractivity contribution in [2.45, 2.75) is 38.4 Å². The summed E-state index contributed by atoms with van der Waals surface area (Å²) in [6.07, 6.45) is 2.49. The van der Waals surface area contributed by atoms with Crippen LogP contribution in [0.3, 0.4) is 0 Å². The molecule has 4 N–H and O–H groups in total. The number of anilines is 1. The highest BCUT2D eigenvalue weighted by atomic mass is 35.5. The Morgan fingerprint density at radius 3 is 2.41 bits per heavy atom. The molecule has 2 amide bonds. The Morgan fingerprint density at radius 1 is 1.10 bits per heavy atom. The van der Waals surface area contributed by atoms with Crippen LogP contribution in [0.4, 0.5) is 18.9 Å². The summed E-state index contributed by atoms with van der Waals surface area (Å²) in [6.45, 7) is 1.82. The maximum Gasteiger partial charge on any atom is 0.490 e. The zero-order chi connectivity index (χ0) is 30.3. The van der Waals surface area contributed by atoms with Crippen LogP contribution in [0, 0.1) is 0 Å². The molecule has 2 aromatic heterocycles. The largest absolute Gasteiger partial charge is 0.492 e. The Kier molecular flexibility index (Phi) is 13.5. The predicted molar refractivity (Wildman–Crippen MR) is 144 cm³/mol. The zero-order valence-electron chi connectivity index (χ0n) is 21.9. The molecule has 1 aromatic carbocycles. The molecule has 0 bridgehead atoms. The van der Waals surface area contributed by atoms with Gasteiger partial charge in [0, 0.05) is 48.2 Å². The molecule has 0 saturated heterocycles. The summed E-state index contributed by atoms with van der Waals surface area (Å²) in [5.74, 6) is -2.04. The van der Waals surface area contributed by atoms with Crippen molar-refractivity contribution in [3.63, 3.8) is 0 Å². The summed E-state index contributed by atoms with van der Waals surface area (Å²) in [4.78, 5) is 38.9. The van der Waals surface area contributed by atoms with E-state index in [1.165, 1.54) is 0 Å². The molecule has 10 nitrogen and oxygen atoms in total. The van der Waals surface area contributed by atoms with E-state index < -0.39 is 12.1 Å².